The fourth-order valence-corrected chi connectivity index (χ4v) is 2.36. The van der Waals surface area contributed by atoms with Gasteiger partial charge in [0.15, 0.2) is 0 Å². The van der Waals surface area contributed by atoms with Crippen molar-refractivity contribution >= 4 is 11.6 Å². The number of para-hydroxylation sites is 1. The number of nitrogens with two attached hydrogens (primary N) is 1. The molecule has 2 rings (SSSR count). The molecule has 0 bridgehead atoms. The first-order valence-electron chi connectivity index (χ1n) is 6.91. The Bertz CT molecular complexity index is 415. The van der Waals surface area contributed by atoms with Crippen LogP contribution in [0.2, 0.25) is 0 Å². The van der Waals surface area contributed by atoms with E-state index in [4.69, 9.17) is 5.73 Å². The number of rotatable bonds is 6. The first-order chi connectivity index (χ1) is 9.09. The van der Waals surface area contributed by atoms with E-state index < -0.39 is 0 Å². The van der Waals surface area contributed by atoms with Crippen LogP contribution in [0, 0.1) is 0 Å². The molecule has 1 aliphatic carbocycles. The lowest BCUT2D eigenvalue weighted by atomic mass is 9.75. The van der Waals surface area contributed by atoms with Crippen LogP contribution in [0.15, 0.2) is 30.3 Å². The smallest absolute Gasteiger partial charge is 0.221 e. The summed E-state index contributed by atoms with van der Waals surface area (Å²) in [6, 6.07) is 10.1. The van der Waals surface area contributed by atoms with Crippen LogP contribution in [0.3, 0.4) is 0 Å². The fourth-order valence-electron chi connectivity index (χ4n) is 2.36. The van der Waals surface area contributed by atoms with Gasteiger partial charge < -0.3 is 16.0 Å². The molecule has 1 aliphatic rings. The van der Waals surface area contributed by atoms with Crippen molar-refractivity contribution in [2.45, 2.75) is 31.2 Å². The Kier molecular flexibility index (Phi) is 4.43. The highest BCUT2D eigenvalue weighted by atomic mass is 16.1. The maximum absolute atomic E-state index is 11.8. The number of hydrogen-bond acceptors (Lipinski definition) is 3. The number of likely N-dealkylation sites (N-methyl/N-ethyl adjacent to an activating group) is 1. The molecule has 104 valence electrons. The van der Waals surface area contributed by atoms with E-state index >= 15 is 0 Å². The third kappa shape index (κ3) is 3.96. The van der Waals surface area contributed by atoms with Crippen molar-refractivity contribution in [2.24, 2.45) is 5.73 Å². The number of benzene rings is 1. The van der Waals surface area contributed by atoms with Crippen LogP contribution < -0.4 is 16.0 Å². The standard InChI is InChI=1S/C15H23N3O/c1-18(13-6-3-2-4-7-13)11-10-17-14(19)12-15(16)8-5-9-15/h2-4,6-7H,5,8-12,16H2,1H3,(H,17,19). The number of carbonyl (C=O) groups is 1. The molecule has 0 atom stereocenters. The second kappa shape index (κ2) is 6.06. The third-order valence-electron chi connectivity index (χ3n) is 3.83. The van der Waals surface area contributed by atoms with Crippen molar-refractivity contribution < 1.29 is 4.79 Å². The second-order valence-electron chi connectivity index (χ2n) is 5.50. The van der Waals surface area contributed by atoms with Gasteiger partial charge in [0.2, 0.25) is 5.91 Å². The largest absolute Gasteiger partial charge is 0.373 e. The van der Waals surface area contributed by atoms with Crippen LogP contribution >= 0.6 is 0 Å². The summed E-state index contributed by atoms with van der Waals surface area (Å²) in [7, 11) is 2.03. The normalized spacial score (nSPS) is 16.5. The van der Waals surface area contributed by atoms with E-state index in [1.807, 2.05) is 25.2 Å². The number of nitrogens with one attached hydrogen (secondary N) is 1. The molecule has 0 spiro atoms. The molecular weight excluding hydrogens is 238 g/mol. The lowest BCUT2D eigenvalue weighted by molar-refractivity contribution is -0.122. The van der Waals surface area contributed by atoms with E-state index in [1.54, 1.807) is 0 Å². The van der Waals surface area contributed by atoms with E-state index in [0.717, 1.165) is 31.5 Å². The van der Waals surface area contributed by atoms with E-state index in [2.05, 4.69) is 22.3 Å². The SMILES string of the molecule is CN(CCNC(=O)CC1(N)CCC1)c1ccccc1. The molecule has 1 fully saturated rings. The topological polar surface area (TPSA) is 58.4 Å². The van der Waals surface area contributed by atoms with Crippen molar-refractivity contribution in [1.82, 2.24) is 5.32 Å². The highest BCUT2D eigenvalue weighted by molar-refractivity contribution is 5.77. The molecular formula is C15H23N3O. The van der Waals surface area contributed by atoms with Crippen LogP contribution in [-0.4, -0.2) is 31.6 Å². The van der Waals surface area contributed by atoms with E-state index in [0.29, 0.717) is 13.0 Å². The summed E-state index contributed by atoms with van der Waals surface area (Å²) < 4.78 is 0. The minimum absolute atomic E-state index is 0.0728. The van der Waals surface area contributed by atoms with Crippen molar-refractivity contribution in [2.75, 3.05) is 25.0 Å². The van der Waals surface area contributed by atoms with Gasteiger partial charge in [-0.3, -0.25) is 4.79 Å². The highest BCUT2D eigenvalue weighted by Crippen LogP contribution is 2.31. The molecule has 0 saturated heterocycles. The van der Waals surface area contributed by atoms with Gasteiger partial charge in [-0.2, -0.15) is 0 Å². The molecule has 3 N–H and O–H groups in total. The molecule has 1 amide bonds. The predicted molar refractivity (Wildman–Crippen MR) is 78.1 cm³/mol. The van der Waals surface area contributed by atoms with Gasteiger partial charge in [-0.25, -0.2) is 0 Å². The van der Waals surface area contributed by atoms with Crippen molar-refractivity contribution in [3.8, 4) is 0 Å². The van der Waals surface area contributed by atoms with Gasteiger partial charge in [-0.05, 0) is 31.4 Å². The number of anilines is 1. The lowest BCUT2D eigenvalue weighted by Gasteiger charge is -2.37. The Labute approximate surface area is 115 Å². The summed E-state index contributed by atoms with van der Waals surface area (Å²) >= 11 is 0. The first kappa shape index (κ1) is 13.9. The molecule has 0 radical (unpaired) electrons. The Balaban J connectivity index is 1.67. The number of amides is 1. The summed E-state index contributed by atoms with van der Waals surface area (Å²) in [5, 5.41) is 2.95. The lowest BCUT2D eigenvalue weighted by Crippen LogP contribution is -2.50. The van der Waals surface area contributed by atoms with Gasteiger partial charge in [0, 0.05) is 37.8 Å². The average Bonchev–Trinajstić information content (AvgIpc) is 2.37. The minimum Gasteiger partial charge on any atom is -0.373 e. The van der Waals surface area contributed by atoms with Crippen LogP contribution in [0.4, 0.5) is 5.69 Å². The molecule has 0 heterocycles. The maximum atomic E-state index is 11.8. The molecule has 0 aliphatic heterocycles. The van der Waals surface area contributed by atoms with Gasteiger partial charge in [0.05, 0.1) is 0 Å². The van der Waals surface area contributed by atoms with Crippen molar-refractivity contribution in [3.63, 3.8) is 0 Å². The van der Waals surface area contributed by atoms with Gasteiger partial charge in [-0.15, -0.1) is 0 Å². The summed E-state index contributed by atoms with van der Waals surface area (Å²) in [6.45, 7) is 1.45. The van der Waals surface area contributed by atoms with Gasteiger partial charge in [0.25, 0.3) is 0 Å². The van der Waals surface area contributed by atoms with Crippen LogP contribution in [0.1, 0.15) is 25.7 Å². The summed E-state index contributed by atoms with van der Waals surface area (Å²) in [5.41, 5.74) is 6.99. The average molecular weight is 261 g/mol. The van der Waals surface area contributed by atoms with Crippen LogP contribution in [-0.2, 0) is 4.79 Å². The first-order valence-corrected chi connectivity index (χ1v) is 6.91. The van der Waals surface area contributed by atoms with Crippen molar-refractivity contribution in [1.29, 1.82) is 0 Å². The minimum atomic E-state index is -0.227. The number of carbonyl (C=O) groups excluding carboxylic acids is 1. The Morgan fingerprint density at radius 3 is 2.63 bits per heavy atom. The molecule has 19 heavy (non-hydrogen) atoms. The van der Waals surface area contributed by atoms with Crippen molar-refractivity contribution in [3.05, 3.63) is 30.3 Å². The monoisotopic (exact) mass is 261 g/mol. The predicted octanol–water partition coefficient (Wildman–Crippen LogP) is 1.51. The number of nitrogens with zero attached hydrogens (tertiary/aromatic N) is 1. The molecule has 0 aromatic heterocycles. The zero-order valence-electron chi connectivity index (χ0n) is 11.6. The van der Waals surface area contributed by atoms with Crippen LogP contribution in [0.25, 0.3) is 0 Å². The quantitative estimate of drug-likeness (QED) is 0.816. The van der Waals surface area contributed by atoms with Gasteiger partial charge in [-0.1, -0.05) is 18.2 Å². The molecule has 1 saturated carbocycles. The molecule has 4 heteroatoms. The summed E-state index contributed by atoms with van der Waals surface area (Å²) in [6.07, 6.45) is 3.57. The highest BCUT2D eigenvalue weighted by Gasteiger charge is 2.34. The summed E-state index contributed by atoms with van der Waals surface area (Å²) in [5.74, 6) is 0.0728. The van der Waals surface area contributed by atoms with E-state index in [1.165, 1.54) is 0 Å². The molecule has 1 aromatic carbocycles. The Hall–Kier alpha value is -1.55. The Morgan fingerprint density at radius 1 is 1.37 bits per heavy atom. The molecule has 1 aromatic rings. The second-order valence-corrected chi connectivity index (χ2v) is 5.50. The molecule has 0 unspecified atom stereocenters. The van der Waals surface area contributed by atoms with Gasteiger partial charge in [0.1, 0.15) is 0 Å². The third-order valence-corrected chi connectivity index (χ3v) is 3.83. The maximum Gasteiger partial charge on any atom is 0.221 e. The van der Waals surface area contributed by atoms with Gasteiger partial charge >= 0.3 is 0 Å². The Morgan fingerprint density at radius 2 is 2.05 bits per heavy atom. The van der Waals surface area contributed by atoms with E-state index in [-0.39, 0.29) is 11.4 Å². The fraction of sp³-hybridized carbons (Fsp3) is 0.533. The van der Waals surface area contributed by atoms with Crippen LogP contribution in [0.5, 0.6) is 0 Å². The molecule has 4 nitrogen and oxygen atoms in total. The number of hydrogen-bond donors (Lipinski definition) is 2. The summed E-state index contributed by atoms with van der Waals surface area (Å²) in [4.78, 5) is 13.9. The zero-order valence-corrected chi connectivity index (χ0v) is 11.6. The van der Waals surface area contributed by atoms with E-state index in [9.17, 15) is 4.79 Å². The zero-order chi connectivity index (χ0) is 13.7.